The molecule has 0 amide bonds. The fourth-order valence-electron chi connectivity index (χ4n) is 2.06. The molecule has 0 bridgehead atoms. The van der Waals surface area contributed by atoms with Crippen LogP contribution in [0.1, 0.15) is 24.6 Å². The van der Waals surface area contributed by atoms with Gasteiger partial charge >= 0.3 is 0 Å². The number of piperidine rings is 1. The van der Waals surface area contributed by atoms with Crippen molar-refractivity contribution in [3.63, 3.8) is 0 Å². The van der Waals surface area contributed by atoms with E-state index in [1.54, 1.807) is 18.4 Å². The van der Waals surface area contributed by atoms with Crippen LogP contribution in [0.3, 0.4) is 0 Å². The van der Waals surface area contributed by atoms with Gasteiger partial charge in [-0.1, -0.05) is 6.92 Å². The minimum absolute atomic E-state index is 0.437. The molecule has 96 valence electrons. The van der Waals surface area contributed by atoms with Crippen LogP contribution in [0.4, 0.5) is 5.13 Å². The molecule has 1 aliphatic rings. The predicted molar refractivity (Wildman–Crippen MR) is 71.7 cm³/mol. The minimum atomic E-state index is 0.437. The minimum Gasteiger partial charge on any atom is -0.381 e. The summed E-state index contributed by atoms with van der Waals surface area (Å²) < 4.78 is 5.38. The molecule has 1 saturated heterocycles. The van der Waals surface area contributed by atoms with Crippen molar-refractivity contribution < 1.29 is 4.74 Å². The second-order valence-corrected chi connectivity index (χ2v) is 5.41. The number of aromatic nitrogens is 1. The smallest absolute Gasteiger partial charge is 0.185 e. The lowest BCUT2D eigenvalue weighted by Crippen LogP contribution is -2.36. The van der Waals surface area contributed by atoms with Crippen LogP contribution in [-0.2, 0) is 11.3 Å². The molecule has 4 nitrogen and oxygen atoms in total. The maximum atomic E-state index is 5.38. The molecule has 1 aromatic heterocycles. The molecular weight excluding hydrogens is 234 g/mol. The van der Waals surface area contributed by atoms with Gasteiger partial charge in [-0.3, -0.25) is 0 Å². The molecule has 1 fully saturated rings. The van der Waals surface area contributed by atoms with Crippen LogP contribution in [0.5, 0.6) is 0 Å². The van der Waals surface area contributed by atoms with E-state index in [1.807, 2.05) is 6.20 Å². The van der Waals surface area contributed by atoms with E-state index in [0.717, 1.165) is 44.2 Å². The van der Waals surface area contributed by atoms with E-state index >= 15 is 0 Å². The highest BCUT2D eigenvalue weighted by Crippen LogP contribution is 2.26. The molecule has 1 N–H and O–H groups in total. The zero-order valence-electron chi connectivity index (χ0n) is 10.6. The van der Waals surface area contributed by atoms with Gasteiger partial charge in [0.05, 0.1) is 6.10 Å². The van der Waals surface area contributed by atoms with E-state index in [2.05, 4.69) is 22.1 Å². The first kappa shape index (κ1) is 12.8. The van der Waals surface area contributed by atoms with Gasteiger partial charge in [0.1, 0.15) is 0 Å². The highest BCUT2D eigenvalue weighted by Gasteiger charge is 2.20. The Balaban J connectivity index is 1.87. The summed E-state index contributed by atoms with van der Waals surface area (Å²) in [7, 11) is 1.80. The van der Waals surface area contributed by atoms with Crippen molar-refractivity contribution in [2.24, 2.45) is 0 Å². The van der Waals surface area contributed by atoms with E-state index in [4.69, 9.17) is 4.74 Å². The van der Waals surface area contributed by atoms with Gasteiger partial charge in [-0.15, -0.1) is 11.3 Å². The molecule has 0 unspecified atom stereocenters. The molecule has 2 rings (SSSR count). The van der Waals surface area contributed by atoms with Gasteiger partial charge in [0.15, 0.2) is 5.13 Å². The molecule has 5 heteroatoms. The number of nitrogens with zero attached hydrogens (tertiary/aromatic N) is 2. The van der Waals surface area contributed by atoms with Crippen molar-refractivity contribution in [3.8, 4) is 0 Å². The highest BCUT2D eigenvalue weighted by molar-refractivity contribution is 7.15. The Bertz CT molecular complexity index is 334. The molecule has 0 aromatic carbocycles. The molecule has 0 atom stereocenters. The maximum Gasteiger partial charge on any atom is 0.185 e. The summed E-state index contributed by atoms with van der Waals surface area (Å²) in [4.78, 5) is 8.19. The Hall–Kier alpha value is -0.650. The van der Waals surface area contributed by atoms with E-state index in [-0.39, 0.29) is 0 Å². The van der Waals surface area contributed by atoms with Crippen molar-refractivity contribution in [2.75, 3.05) is 31.6 Å². The predicted octanol–water partition coefficient (Wildman–Crippen LogP) is 1.87. The number of hydrogen-bond acceptors (Lipinski definition) is 5. The van der Waals surface area contributed by atoms with Crippen LogP contribution >= 0.6 is 11.3 Å². The van der Waals surface area contributed by atoms with E-state index in [9.17, 15) is 0 Å². The van der Waals surface area contributed by atoms with Gasteiger partial charge in [-0.25, -0.2) is 4.98 Å². The largest absolute Gasteiger partial charge is 0.381 e. The standard InChI is InChI=1S/C12H21N3OS/c1-3-13-8-11-9-14-12(17-11)15-6-4-10(16-2)5-7-15/h9-10,13H,3-8H2,1-2H3. The second kappa shape index (κ2) is 6.33. The normalized spacial score (nSPS) is 17.6. The van der Waals surface area contributed by atoms with Gasteiger partial charge in [0, 0.05) is 37.8 Å². The van der Waals surface area contributed by atoms with Crippen LogP contribution in [0.25, 0.3) is 0 Å². The molecule has 0 aliphatic carbocycles. The van der Waals surface area contributed by atoms with Gasteiger partial charge in [0.25, 0.3) is 0 Å². The van der Waals surface area contributed by atoms with Crippen molar-refractivity contribution in [2.45, 2.75) is 32.4 Å². The number of hydrogen-bond donors (Lipinski definition) is 1. The van der Waals surface area contributed by atoms with Crippen molar-refractivity contribution >= 4 is 16.5 Å². The van der Waals surface area contributed by atoms with Crippen LogP contribution in [0.15, 0.2) is 6.20 Å². The van der Waals surface area contributed by atoms with Crippen molar-refractivity contribution in [3.05, 3.63) is 11.1 Å². The number of rotatable bonds is 5. The summed E-state index contributed by atoms with van der Waals surface area (Å²) in [6.07, 6.45) is 4.65. The Morgan fingerprint density at radius 3 is 2.94 bits per heavy atom. The lowest BCUT2D eigenvalue weighted by atomic mass is 10.1. The van der Waals surface area contributed by atoms with E-state index in [0.29, 0.717) is 6.10 Å². The quantitative estimate of drug-likeness (QED) is 0.871. The number of anilines is 1. The monoisotopic (exact) mass is 255 g/mol. The fraction of sp³-hybridized carbons (Fsp3) is 0.750. The Labute approximate surface area is 107 Å². The third-order valence-electron chi connectivity index (χ3n) is 3.14. The van der Waals surface area contributed by atoms with Gasteiger partial charge in [0.2, 0.25) is 0 Å². The summed E-state index contributed by atoms with van der Waals surface area (Å²) >= 11 is 1.80. The molecule has 17 heavy (non-hydrogen) atoms. The third kappa shape index (κ3) is 3.40. The number of methoxy groups -OCH3 is 1. The number of nitrogens with one attached hydrogen (secondary N) is 1. The summed E-state index contributed by atoms with van der Waals surface area (Å²) in [5.74, 6) is 0. The molecule has 0 saturated carbocycles. The Kier molecular flexibility index (Phi) is 4.76. The average Bonchev–Trinajstić information content (AvgIpc) is 2.85. The van der Waals surface area contributed by atoms with Crippen LogP contribution in [-0.4, -0.2) is 37.8 Å². The SMILES string of the molecule is CCNCc1cnc(N2CCC(OC)CC2)s1. The summed E-state index contributed by atoms with van der Waals surface area (Å²) in [5, 5.41) is 4.49. The fourth-order valence-corrected chi connectivity index (χ4v) is 2.99. The number of thiazole rings is 1. The maximum absolute atomic E-state index is 5.38. The number of ether oxygens (including phenoxy) is 1. The van der Waals surface area contributed by atoms with Gasteiger partial charge in [-0.05, 0) is 19.4 Å². The molecular formula is C12H21N3OS. The lowest BCUT2D eigenvalue weighted by Gasteiger charge is -2.30. The zero-order valence-corrected chi connectivity index (χ0v) is 11.4. The first-order chi connectivity index (χ1) is 8.33. The lowest BCUT2D eigenvalue weighted by molar-refractivity contribution is 0.0819. The highest BCUT2D eigenvalue weighted by atomic mass is 32.1. The molecule has 1 aliphatic heterocycles. The van der Waals surface area contributed by atoms with Gasteiger partial charge < -0.3 is 15.0 Å². The first-order valence-electron chi connectivity index (χ1n) is 6.26. The molecule has 0 radical (unpaired) electrons. The zero-order chi connectivity index (χ0) is 12.1. The Morgan fingerprint density at radius 1 is 1.53 bits per heavy atom. The summed E-state index contributed by atoms with van der Waals surface area (Å²) in [5.41, 5.74) is 0. The Morgan fingerprint density at radius 2 is 2.29 bits per heavy atom. The van der Waals surface area contributed by atoms with Crippen LogP contribution < -0.4 is 10.2 Å². The molecule has 2 heterocycles. The van der Waals surface area contributed by atoms with Crippen molar-refractivity contribution in [1.29, 1.82) is 0 Å². The third-order valence-corrected chi connectivity index (χ3v) is 4.19. The van der Waals surface area contributed by atoms with Gasteiger partial charge in [-0.2, -0.15) is 0 Å². The van der Waals surface area contributed by atoms with Crippen molar-refractivity contribution in [1.82, 2.24) is 10.3 Å². The van der Waals surface area contributed by atoms with E-state index in [1.165, 1.54) is 4.88 Å². The van der Waals surface area contributed by atoms with E-state index < -0.39 is 0 Å². The molecule has 1 aromatic rings. The first-order valence-corrected chi connectivity index (χ1v) is 7.08. The topological polar surface area (TPSA) is 37.4 Å². The van der Waals surface area contributed by atoms with Crippen LogP contribution in [0.2, 0.25) is 0 Å². The second-order valence-electron chi connectivity index (χ2n) is 4.31. The molecule has 0 spiro atoms. The average molecular weight is 255 g/mol. The summed E-state index contributed by atoms with van der Waals surface area (Å²) in [6, 6.07) is 0. The van der Waals surface area contributed by atoms with Crippen LogP contribution in [0, 0.1) is 0 Å². The summed E-state index contributed by atoms with van der Waals surface area (Å²) in [6.45, 7) is 6.19.